The van der Waals surface area contributed by atoms with Gasteiger partial charge in [-0.2, -0.15) is 0 Å². The van der Waals surface area contributed by atoms with Crippen molar-refractivity contribution < 1.29 is 28.4 Å². The van der Waals surface area contributed by atoms with Crippen LogP contribution in [0.1, 0.15) is 184 Å². The van der Waals surface area contributed by atoms with Crippen molar-refractivity contribution in [2.24, 2.45) is 57.7 Å². The summed E-state index contributed by atoms with van der Waals surface area (Å²) in [7, 11) is 3.84. The zero-order valence-electron chi connectivity index (χ0n) is 47.8. The fourth-order valence-corrected chi connectivity index (χ4v) is 15.1. The van der Waals surface area contributed by atoms with E-state index in [1.165, 1.54) is 47.9 Å². The molecule has 0 amide bonds. The minimum Gasteiger partial charge on any atom is -0.486 e. The van der Waals surface area contributed by atoms with Gasteiger partial charge in [0.15, 0.2) is 23.0 Å². The maximum Gasteiger partial charge on any atom is 0.165 e. The molecule has 9 rings (SSSR count). The zero-order chi connectivity index (χ0) is 51.1. The normalized spacial score (nSPS) is 33.5. The molecule has 70 heavy (non-hydrogen) atoms. The van der Waals surface area contributed by atoms with Crippen molar-refractivity contribution in [3.63, 3.8) is 0 Å². The van der Waals surface area contributed by atoms with E-state index in [2.05, 4.69) is 118 Å². The number of benzene rings is 2. The highest BCUT2D eigenvalue weighted by Crippen LogP contribution is 2.66. The van der Waals surface area contributed by atoms with Crippen molar-refractivity contribution in [3.8, 4) is 23.0 Å². The van der Waals surface area contributed by atoms with Crippen LogP contribution in [0.2, 0.25) is 0 Å². The van der Waals surface area contributed by atoms with Crippen LogP contribution in [-0.4, -0.2) is 77.5 Å². The first-order chi connectivity index (χ1) is 33.4. The summed E-state index contributed by atoms with van der Waals surface area (Å²) in [6.45, 7) is 40.8. The van der Waals surface area contributed by atoms with Gasteiger partial charge in [-0.1, -0.05) is 123 Å². The Morgan fingerprint density at radius 2 is 1.30 bits per heavy atom. The van der Waals surface area contributed by atoms with E-state index in [0.717, 1.165) is 93.0 Å². The van der Waals surface area contributed by atoms with Crippen molar-refractivity contribution in [1.29, 1.82) is 0 Å². The van der Waals surface area contributed by atoms with Crippen LogP contribution in [0.3, 0.4) is 0 Å². The zero-order valence-corrected chi connectivity index (χ0v) is 47.8. The fourth-order valence-electron chi connectivity index (χ4n) is 15.1. The van der Waals surface area contributed by atoms with Crippen LogP contribution in [0, 0.1) is 57.7 Å². The highest BCUT2D eigenvalue weighted by atomic mass is 16.6. The topological polar surface area (TPSA) is 79.4 Å². The Morgan fingerprint density at radius 3 is 1.84 bits per heavy atom. The van der Waals surface area contributed by atoms with Gasteiger partial charge in [-0.05, 0) is 159 Å². The number of aryl methyl sites for hydroxylation is 1. The van der Waals surface area contributed by atoms with E-state index in [1.54, 1.807) is 0 Å². The molecular formula is C62H102N2O6. The standard InChI is InChI=1S/C58H90N2O6.2C2H6/c1-15-38-22-24-44(49-46(38)57(16-2)40(33-59-31-36-18-19-36)30-56(12,35(5)55(9,10)11)52(62-14)53(57)66-49)63-26-27-64-45-25-23-39-28-43(60-32-37-20-21-37)42-29-41(34(4)54(6,7)8)48(61-13)51-58(42,17-3)47(39)50(45)65-51;2*1-2/h22-25,34-37,40-43,48,51-53,59-60H,15-21,26-33H2,1-14H3;2*1-2H3/t34-,35+,40?,41-,42?,43-,48-,51+,52?,53+,56-,57+,58+;;/m1../s1. The molecule has 3 unspecified atom stereocenters. The molecule has 5 aliphatic carbocycles. The number of methoxy groups -OCH3 is 2. The van der Waals surface area contributed by atoms with Gasteiger partial charge in [0.05, 0.1) is 6.10 Å². The summed E-state index contributed by atoms with van der Waals surface area (Å²) in [5, 5.41) is 8.14. The van der Waals surface area contributed by atoms with E-state index in [4.69, 9.17) is 28.4 Å². The third kappa shape index (κ3) is 9.59. The van der Waals surface area contributed by atoms with Gasteiger partial charge in [0.1, 0.15) is 31.5 Å². The van der Waals surface area contributed by atoms with Crippen molar-refractivity contribution in [2.45, 2.75) is 216 Å². The number of nitrogens with one attached hydrogen (secondary N) is 2. The van der Waals surface area contributed by atoms with E-state index >= 15 is 0 Å². The maximum absolute atomic E-state index is 7.45. The number of hydrogen-bond acceptors (Lipinski definition) is 8. The molecule has 2 aromatic rings. The predicted molar refractivity (Wildman–Crippen MR) is 289 cm³/mol. The van der Waals surface area contributed by atoms with Crippen LogP contribution in [0.15, 0.2) is 24.3 Å². The Hall–Kier alpha value is -2.52. The molecule has 8 nitrogen and oxygen atoms in total. The van der Waals surface area contributed by atoms with E-state index in [0.29, 0.717) is 48.8 Å². The molecule has 0 saturated heterocycles. The Balaban J connectivity index is 0.00000176. The number of hydrogen-bond donors (Lipinski definition) is 2. The van der Waals surface area contributed by atoms with E-state index in [-0.39, 0.29) is 51.5 Å². The van der Waals surface area contributed by atoms with Crippen molar-refractivity contribution in [1.82, 2.24) is 10.6 Å². The summed E-state index contributed by atoms with van der Waals surface area (Å²) in [6.07, 6.45) is 11.4. The molecule has 0 aromatic heterocycles. The molecule has 8 heteroatoms. The summed E-state index contributed by atoms with van der Waals surface area (Å²) in [4.78, 5) is 0. The third-order valence-electron chi connectivity index (χ3n) is 19.9. The lowest BCUT2D eigenvalue weighted by molar-refractivity contribution is -0.173. The summed E-state index contributed by atoms with van der Waals surface area (Å²) in [5.41, 5.74) is 5.39. The minimum atomic E-state index is -0.199. The second-order valence-electron chi connectivity index (χ2n) is 25.0. The van der Waals surface area contributed by atoms with Gasteiger partial charge in [-0.15, -0.1) is 0 Å². The quantitative estimate of drug-likeness (QED) is 0.135. The Labute approximate surface area is 427 Å². The molecule has 2 aromatic carbocycles. The Morgan fingerprint density at radius 1 is 0.714 bits per heavy atom. The van der Waals surface area contributed by atoms with Gasteiger partial charge >= 0.3 is 0 Å². The number of fused-ring (bicyclic) bond motifs is 3. The lowest BCUT2D eigenvalue weighted by Gasteiger charge is -2.59. The molecular weight excluding hydrogens is 869 g/mol. The molecule has 0 radical (unpaired) electrons. The molecule has 0 spiro atoms. The van der Waals surface area contributed by atoms with E-state index in [1.807, 2.05) is 41.9 Å². The molecule has 13 atom stereocenters. The van der Waals surface area contributed by atoms with E-state index in [9.17, 15) is 0 Å². The Kier molecular flexibility index (Phi) is 17.2. The summed E-state index contributed by atoms with van der Waals surface area (Å²) in [6, 6.07) is 9.41. The molecule has 2 aliphatic heterocycles. The lowest BCUT2D eigenvalue weighted by Crippen LogP contribution is -2.65. The molecule has 7 aliphatic rings. The SMILES string of the molecule is CC.CC.CCc1ccc(OCCOc2ccc3c4c2O[C@H]2[C@H](OC)[C@@H]([C@@H](C)C(C)(C)C)CC([C@H](NCC5CC5)C3)[C@@]42CC)c2c1[C@]1(CC)C(CNCC3CC3)C[C@](C)([C@@H](C)C(C)(C)C)C(OC)[C@@H]1O2. The Bertz CT molecular complexity index is 2050. The van der Waals surface area contributed by atoms with Gasteiger partial charge in [0, 0.05) is 47.6 Å². The van der Waals surface area contributed by atoms with Crippen molar-refractivity contribution in [2.75, 3.05) is 47.1 Å². The van der Waals surface area contributed by atoms with Crippen LogP contribution in [0.4, 0.5) is 0 Å². The monoisotopic (exact) mass is 971 g/mol. The predicted octanol–water partition coefficient (Wildman–Crippen LogP) is 13.6. The van der Waals surface area contributed by atoms with Crippen LogP contribution in [0.25, 0.3) is 0 Å². The van der Waals surface area contributed by atoms with Crippen LogP contribution in [0.5, 0.6) is 23.0 Å². The molecule has 4 fully saturated rings. The van der Waals surface area contributed by atoms with Gasteiger partial charge in [-0.3, -0.25) is 0 Å². The van der Waals surface area contributed by atoms with Gasteiger partial charge < -0.3 is 39.1 Å². The summed E-state index contributed by atoms with van der Waals surface area (Å²) >= 11 is 0. The maximum atomic E-state index is 7.45. The first-order valence-corrected chi connectivity index (χ1v) is 28.8. The molecule has 2 N–H and O–H groups in total. The molecule has 396 valence electrons. The van der Waals surface area contributed by atoms with Gasteiger partial charge in [-0.25, -0.2) is 0 Å². The smallest absolute Gasteiger partial charge is 0.165 e. The summed E-state index contributed by atoms with van der Waals surface area (Å²) in [5.74, 6) is 7.30. The third-order valence-corrected chi connectivity index (χ3v) is 19.9. The second kappa shape index (κ2) is 21.7. The fraction of sp³-hybridized carbons (Fsp3) is 0.806. The molecule has 0 bridgehead atoms. The van der Waals surface area contributed by atoms with Crippen LogP contribution in [-0.2, 0) is 33.1 Å². The van der Waals surface area contributed by atoms with Crippen molar-refractivity contribution >= 4 is 0 Å². The number of ether oxygens (including phenoxy) is 6. The number of rotatable bonds is 19. The van der Waals surface area contributed by atoms with Crippen LogP contribution < -0.4 is 29.6 Å². The molecule has 2 heterocycles. The summed E-state index contributed by atoms with van der Waals surface area (Å²) < 4.78 is 41.8. The highest BCUT2D eigenvalue weighted by molar-refractivity contribution is 5.62. The minimum absolute atomic E-state index is 0.00170. The highest BCUT2D eigenvalue weighted by Gasteiger charge is 2.68. The van der Waals surface area contributed by atoms with Gasteiger partial charge in [0.25, 0.3) is 0 Å². The molecule has 4 saturated carbocycles. The average Bonchev–Trinajstić information content (AvgIpc) is 4.29. The average molecular weight is 972 g/mol. The second-order valence-corrected chi connectivity index (χ2v) is 25.0. The first kappa shape index (κ1) is 55.2. The van der Waals surface area contributed by atoms with Crippen LogP contribution >= 0.6 is 0 Å². The first-order valence-electron chi connectivity index (χ1n) is 28.8. The van der Waals surface area contributed by atoms with Gasteiger partial charge in [0.2, 0.25) is 0 Å². The van der Waals surface area contributed by atoms with E-state index < -0.39 is 0 Å². The lowest BCUT2D eigenvalue weighted by atomic mass is 9.48. The largest absolute Gasteiger partial charge is 0.486 e. The van der Waals surface area contributed by atoms with Crippen molar-refractivity contribution in [3.05, 3.63) is 46.5 Å².